The number of fused-ring (bicyclic) bond motifs is 1. The number of aromatic nitrogens is 1. The molecule has 138 valence electrons. The number of carbonyl (C=O) groups excluding carboxylic acids is 1. The largest absolute Gasteiger partial charge is 0.486 e. The lowest BCUT2D eigenvalue weighted by Gasteiger charge is -2.19. The van der Waals surface area contributed by atoms with Crippen LogP contribution in [0, 0.1) is 6.92 Å². The molecule has 0 atom stereocenters. The summed E-state index contributed by atoms with van der Waals surface area (Å²) in [5, 5.41) is 0. The van der Waals surface area contributed by atoms with E-state index in [2.05, 4.69) is 19.1 Å². The second kappa shape index (κ2) is 6.95. The zero-order valence-corrected chi connectivity index (χ0v) is 15.9. The Morgan fingerprint density at radius 3 is 2.41 bits per heavy atom. The minimum atomic E-state index is 0.142. The molecule has 3 aromatic rings. The predicted octanol–water partition coefficient (Wildman–Crippen LogP) is 5.03. The summed E-state index contributed by atoms with van der Waals surface area (Å²) >= 11 is 0. The molecule has 4 nitrogen and oxygen atoms in total. The molecule has 0 amide bonds. The molecule has 0 saturated carbocycles. The molecule has 4 heteroatoms. The Kier molecular flexibility index (Phi) is 4.48. The van der Waals surface area contributed by atoms with Gasteiger partial charge in [-0.05, 0) is 36.2 Å². The van der Waals surface area contributed by atoms with Crippen LogP contribution < -0.4 is 9.47 Å². The van der Waals surface area contributed by atoms with Crippen LogP contribution in [0.15, 0.2) is 48.5 Å². The molecule has 0 saturated heterocycles. The number of ketones is 1. The molecule has 0 radical (unpaired) electrons. The van der Waals surface area contributed by atoms with Gasteiger partial charge in [0.1, 0.15) is 13.2 Å². The van der Waals surface area contributed by atoms with E-state index < -0.39 is 0 Å². The van der Waals surface area contributed by atoms with Crippen LogP contribution in [-0.2, 0) is 7.05 Å². The van der Waals surface area contributed by atoms with Crippen molar-refractivity contribution >= 4 is 5.78 Å². The van der Waals surface area contributed by atoms with Crippen LogP contribution in [0.3, 0.4) is 0 Å². The fraction of sp³-hybridized carbons (Fsp3) is 0.261. The van der Waals surface area contributed by atoms with Crippen molar-refractivity contribution in [2.75, 3.05) is 13.2 Å². The van der Waals surface area contributed by atoms with Gasteiger partial charge in [-0.3, -0.25) is 4.79 Å². The van der Waals surface area contributed by atoms with Crippen LogP contribution in [0.5, 0.6) is 11.5 Å². The number of ether oxygens (including phenoxy) is 2. The summed E-state index contributed by atoms with van der Waals surface area (Å²) < 4.78 is 13.4. The van der Waals surface area contributed by atoms with Crippen molar-refractivity contribution < 1.29 is 14.3 Å². The van der Waals surface area contributed by atoms with E-state index in [0.717, 1.165) is 45.1 Å². The van der Waals surface area contributed by atoms with Gasteiger partial charge < -0.3 is 14.0 Å². The molecule has 1 aliphatic rings. The molecule has 2 aromatic carbocycles. The molecule has 0 aliphatic carbocycles. The smallest absolute Gasteiger partial charge is 0.179 e. The number of rotatable bonds is 4. The van der Waals surface area contributed by atoms with E-state index in [-0.39, 0.29) is 5.78 Å². The number of hydrogen-bond acceptors (Lipinski definition) is 3. The molecule has 0 bridgehead atoms. The van der Waals surface area contributed by atoms with Crippen molar-refractivity contribution in [2.24, 2.45) is 7.05 Å². The molecule has 0 N–H and O–H groups in total. The summed E-state index contributed by atoms with van der Waals surface area (Å²) in [6, 6.07) is 16.1. The third-order valence-corrected chi connectivity index (χ3v) is 5.10. The Bertz CT molecular complexity index is 1000. The summed E-state index contributed by atoms with van der Waals surface area (Å²) in [4.78, 5) is 12.8. The van der Waals surface area contributed by atoms with Gasteiger partial charge in [0, 0.05) is 24.6 Å². The monoisotopic (exact) mass is 361 g/mol. The zero-order chi connectivity index (χ0) is 19.0. The van der Waals surface area contributed by atoms with Crippen LogP contribution in [0.2, 0.25) is 0 Å². The summed E-state index contributed by atoms with van der Waals surface area (Å²) in [6.45, 7) is 5.12. The summed E-state index contributed by atoms with van der Waals surface area (Å²) in [7, 11) is 1.97. The molecular formula is C23H23NO3. The molecule has 1 aromatic heterocycles. The van der Waals surface area contributed by atoms with Crippen molar-refractivity contribution in [2.45, 2.75) is 20.3 Å². The number of benzene rings is 2. The predicted molar refractivity (Wildman–Crippen MR) is 107 cm³/mol. The van der Waals surface area contributed by atoms with E-state index in [1.54, 1.807) is 0 Å². The number of Topliss-reactive ketones (excluding diaryl/α,β-unsaturated/α-hetero) is 1. The lowest BCUT2D eigenvalue weighted by Crippen LogP contribution is -2.15. The highest BCUT2D eigenvalue weighted by Gasteiger charge is 2.25. The van der Waals surface area contributed by atoms with E-state index in [0.29, 0.717) is 19.6 Å². The highest BCUT2D eigenvalue weighted by atomic mass is 16.6. The second-order valence-electron chi connectivity index (χ2n) is 6.76. The molecule has 1 aliphatic heterocycles. The second-order valence-corrected chi connectivity index (χ2v) is 6.76. The van der Waals surface area contributed by atoms with Crippen molar-refractivity contribution in [3.63, 3.8) is 0 Å². The minimum absolute atomic E-state index is 0.142. The standard InChI is InChI=1S/C23H23NO3/c1-4-18(25)23-21(16-8-6-5-7-9-16)15(2)22(24(23)3)17-10-11-19-20(14-17)27-13-12-26-19/h5-11,14H,4,12-13H2,1-3H3. The van der Waals surface area contributed by atoms with Crippen LogP contribution in [0.25, 0.3) is 22.4 Å². The maximum absolute atomic E-state index is 12.8. The van der Waals surface area contributed by atoms with Gasteiger partial charge in [-0.15, -0.1) is 0 Å². The molecule has 4 rings (SSSR count). The van der Waals surface area contributed by atoms with E-state index >= 15 is 0 Å². The number of nitrogens with zero attached hydrogens (tertiary/aromatic N) is 1. The first-order chi connectivity index (χ1) is 13.1. The van der Waals surface area contributed by atoms with Crippen LogP contribution >= 0.6 is 0 Å². The Hall–Kier alpha value is -3.01. The van der Waals surface area contributed by atoms with Crippen LogP contribution in [0.1, 0.15) is 29.4 Å². The Morgan fingerprint density at radius 2 is 1.70 bits per heavy atom. The number of carbonyl (C=O) groups is 1. The molecule has 0 fully saturated rings. The Morgan fingerprint density at radius 1 is 1.00 bits per heavy atom. The first-order valence-corrected chi connectivity index (χ1v) is 9.29. The molecule has 2 heterocycles. The summed E-state index contributed by atoms with van der Waals surface area (Å²) in [6.07, 6.45) is 0.470. The van der Waals surface area contributed by atoms with Crippen LogP contribution in [-0.4, -0.2) is 23.6 Å². The third-order valence-electron chi connectivity index (χ3n) is 5.10. The first kappa shape index (κ1) is 17.4. The average molecular weight is 361 g/mol. The van der Waals surface area contributed by atoms with Gasteiger partial charge in [-0.1, -0.05) is 37.3 Å². The van der Waals surface area contributed by atoms with Crippen molar-refractivity contribution in [1.29, 1.82) is 0 Å². The normalized spacial score (nSPS) is 12.9. The van der Waals surface area contributed by atoms with E-state index in [4.69, 9.17) is 9.47 Å². The van der Waals surface area contributed by atoms with E-state index in [1.165, 1.54) is 0 Å². The van der Waals surface area contributed by atoms with Gasteiger partial charge in [0.25, 0.3) is 0 Å². The maximum Gasteiger partial charge on any atom is 0.179 e. The van der Waals surface area contributed by atoms with E-state index in [9.17, 15) is 4.79 Å². The summed E-state index contributed by atoms with van der Waals surface area (Å²) in [5.74, 6) is 1.66. The first-order valence-electron chi connectivity index (χ1n) is 9.29. The molecule has 0 unspecified atom stereocenters. The highest BCUT2D eigenvalue weighted by Crippen LogP contribution is 2.40. The lowest BCUT2D eigenvalue weighted by molar-refractivity contribution is 0.0981. The molecule has 27 heavy (non-hydrogen) atoms. The van der Waals surface area contributed by atoms with Gasteiger partial charge >= 0.3 is 0 Å². The van der Waals surface area contributed by atoms with Gasteiger partial charge in [-0.2, -0.15) is 0 Å². The maximum atomic E-state index is 12.8. The number of hydrogen-bond donors (Lipinski definition) is 0. The average Bonchev–Trinajstić information content (AvgIpc) is 2.98. The van der Waals surface area contributed by atoms with Gasteiger partial charge in [0.05, 0.1) is 11.4 Å². The van der Waals surface area contributed by atoms with Gasteiger partial charge in [-0.25, -0.2) is 0 Å². The van der Waals surface area contributed by atoms with Crippen molar-refractivity contribution in [1.82, 2.24) is 4.57 Å². The minimum Gasteiger partial charge on any atom is -0.486 e. The Labute approximate surface area is 159 Å². The fourth-order valence-electron chi connectivity index (χ4n) is 3.88. The Balaban J connectivity index is 1.94. The van der Waals surface area contributed by atoms with Crippen molar-refractivity contribution in [3.8, 4) is 33.9 Å². The fourth-order valence-corrected chi connectivity index (χ4v) is 3.88. The van der Waals surface area contributed by atoms with E-state index in [1.807, 2.05) is 54.9 Å². The molecule has 0 spiro atoms. The highest BCUT2D eigenvalue weighted by molar-refractivity contribution is 6.03. The third kappa shape index (κ3) is 2.91. The van der Waals surface area contributed by atoms with Crippen molar-refractivity contribution in [3.05, 3.63) is 59.8 Å². The zero-order valence-electron chi connectivity index (χ0n) is 15.9. The topological polar surface area (TPSA) is 40.5 Å². The SMILES string of the molecule is CCC(=O)c1c(-c2ccccc2)c(C)c(-c2ccc3c(c2)OCCO3)n1C. The van der Waals surface area contributed by atoms with Gasteiger partial charge in [0.15, 0.2) is 17.3 Å². The van der Waals surface area contributed by atoms with Crippen LogP contribution in [0.4, 0.5) is 0 Å². The molecular weight excluding hydrogens is 338 g/mol. The van der Waals surface area contributed by atoms with Gasteiger partial charge in [0.2, 0.25) is 0 Å². The lowest BCUT2D eigenvalue weighted by atomic mass is 9.97. The summed E-state index contributed by atoms with van der Waals surface area (Å²) in [5.41, 5.74) is 5.97. The quantitative estimate of drug-likeness (QED) is 0.612.